The van der Waals surface area contributed by atoms with Crippen molar-refractivity contribution in [3.05, 3.63) is 126 Å². The van der Waals surface area contributed by atoms with E-state index in [1.54, 1.807) is 29.0 Å². The van der Waals surface area contributed by atoms with Crippen LogP contribution in [0.2, 0.25) is 0 Å². The van der Waals surface area contributed by atoms with Gasteiger partial charge in [0.05, 0.1) is 27.5 Å². The average molecular weight is 1030 g/mol. The molecule has 21 heteroatoms. The number of terminal acetylenes is 2. The molecule has 15 nitrogen and oxygen atoms in total. The zero-order valence-corrected chi connectivity index (χ0v) is 41.7. The summed E-state index contributed by atoms with van der Waals surface area (Å²) in [5.74, 6) is 5.41. The van der Waals surface area contributed by atoms with E-state index in [2.05, 4.69) is 42.4 Å². The fraction of sp³-hybridized carbons (Fsp3) is 0.396. The van der Waals surface area contributed by atoms with E-state index in [-0.39, 0.29) is 77.0 Å². The highest BCUT2D eigenvalue weighted by atomic mass is 19.4. The van der Waals surface area contributed by atoms with Crippen LogP contribution in [0, 0.1) is 38.5 Å². The summed E-state index contributed by atoms with van der Waals surface area (Å²) in [4.78, 5) is 70.5. The number of amides is 2. The standard InChI is InChI=1S/C27H28F3N5O2.C26H26F3N5O3/c1-6-22(18-8-7-9-20(16(18)2)27(28,29)30)33-23-19-14-21(25(37)34(5)24(19)32-15-31-23)26(4)10-12-35(13-11-26)17(3)36;1-5-21(17-7-6-8-19(15(17)2)26(27,28)29)32-22-18-13-20(24(36)33(4)23(18)31-14-30-22)25(37)9-11-34(12-10-25)16(3)35/h1,7-9,14-15,22H,10-13H2,2-5H3,(H,31,32,33);1,6-8,13-14,21,37H,9-12H2,2-4H3,(H,30,31,32)/t22-;21-/m11/s1. The van der Waals surface area contributed by atoms with Crippen LogP contribution in [-0.2, 0) is 47.1 Å². The molecule has 2 aliphatic heterocycles. The zero-order chi connectivity index (χ0) is 54.2. The highest BCUT2D eigenvalue weighted by Gasteiger charge is 2.40. The van der Waals surface area contributed by atoms with Gasteiger partial charge in [-0.25, -0.2) is 19.9 Å². The molecule has 2 aliphatic rings. The second kappa shape index (κ2) is 20.6. The van der Waals surface area contributed by atoms with Crippen molar-refractivity contribution in [3.63, 3.8) is 0 Å². The van der Waals surface area contributed by atoms with E-state index in [1.165, 1.54) is 80.8 Å². The Hall–Kier alpha value is -7.78. The number of benzene rings is 2. The van der Waals surface area contributed by atoms with E-state index >= 15 is 0 Å². The molecule has 2 fully saturated rings. The number of carbonyl (C=O) groups excluding carboxylic acids is 2. The van der Waals surface area contributed by atoms with E-state index in [4.69, 9.17) is 12.8 Å². The van der Waals surface area contributed by atoms with Gasteiger partial charge < -0.3 is 25.5 Å². The maximum Gasteiger partial charge on any atom is 0.416 e. The highest BCUT2D eigenvalue weighted by molar-refractivity contribution is 5.88. The maximum absolute atomic E-state index is 13.5. The molecule has 0 aliphatic carbocycles. The van der Waals surface area contributed by atoms with Gasteiger partial charge in [0.25, 0.3) is 11.1 Å². The van der Waals surface area contributed by atoms with Crippen LogP contribution in [0.25, 0.3) is 22.1 Å². The Kier molecular flexibility index (Phi) is 15.0. The molecular formula is C53H54F6N10O5. The summed E-state index contributed by atoms with van der Waals surface area (Å²) in [5.41, 5.74) is -2.26. The van der Waals surface area contributed by atoms with E-state index in [0.29, 0.717) is 59.3 Å². The van der Waals surface area contributed by atoms with Crippen molar-refractivity contribution in [2.45, 2.75) is 95.8 Å². The Labute approximate surface area is 422 Å². The smallest absolute Gasteiger partial charge is 0.385 e. The summed E-state index contributed by atoms with van der Waals surface area (Å²) >= 11 is 0. The van der Waals surface area contributed by atoms with Gasteiger partial charge in [-0.15, -0.1) is 12.8 Å². The van der Waals surface area contributed by atoms with Crippen LogP contribution in [0.15, 0.2) is 70.8 Å². The van der Waals surface area contributed by atoms with Crippen molar-refractivity contribution in [2.24, 2.45) is 14.1 Å². The minimum atomic E-state index is -4.54. The molecule has 6 aromatic rings. The molecule has 0 bridgehead atoms. The minimum absolute atomic E-state index is 0.00133. The second-order valence-electron chi connectivity index (χ2n) is 18.9. The molecule has 2 saturated heterocycles. The van der Waals surface area contributed by atoms with Crippen molar-refractivity contribution >= 4 is 45.5 Å². The normalized spacial score (nSPS) is 16.3. The zero-order valence-electron chi connectivity index (χ0n) is 41.7. The number of aliphatic hydroxyl groups is 1. The van der Waals surface area contributed by atoms with Gasteiger partial charge in [-0.1, -0.05) is 43.0 Å². The Morgan fingerprint density at radius 3 is 1.42 bits per heavy atom. The van der Waals surface area contributed by atoms with E-state index in [9.17, 15) is 50.6 Å². The predicted molar refractivity (Wildman–Crippen MR) is 267 cm³/mol. The van der Waals surface area contributed by atoms with Crippen LogP contribution in [0.3, 0.4) is 0 Å². The number of alkyl halides is 6. The number of halogens is 6. The Morgan fingerprint density at radius 2 is 1.04 bits per heavy atom. The maximum atomic E-state index is 13.5. The number of fused-ring (bicyclic) bond motifs is 2. The number of carbonyl (C=O) groups is 2. The molecule has 2 aromatic carbocycles. The van der Waals surface area contributed by atoms with Gasteiger partial charge in [0.15, 0.2) is 0 Å². The van der Waals surface area contributed by atoms with Gasteiger partial charge in [-0.3, -0.25) is 28.3 Å². The summed E-state index contributed by atoms with van der Waals surface area (Å²) in [7, 11) is 3.13. The van der Waals surface area contributed by atoms with Crippen molar-refractivity contribution in [1.29, 1.82) is 0 Å². The summed E-state index contributed by atoms with van der Waals surface area (Å²) < 4.78 is 83.6. The van der Waals surface area contributed by atoms with Gasteiger partial charge in [0.2, 0.25) is 11.8 Å². The number of hydrogen-bond donors (Lipinski definition) is 3. The largest absolute Gasteiger partial charge is 0.416 e. The van der Waals surface area contributed by atoms with Crippen molar-refractivity contribution in [2.75, 3.05) is 36.8 Å². The van der Waals surface area contributed by atoms with Gasteiger partial charge in [0.1, 0.15) is 47.7 Å². The first kappa shape index (κ1) is 54.0. The molecule has 0 spiro atoms. The fourth-order valence-electron chi connectivity index (χ4n) is 9.82. The SMILES string of the molecule is C#C[C@@H](Nc1ncnc2c1cc(C1(C)CCN(C(C)=O)CC1)c(=O)n2C)c1cccc(C(F)(F)F)c1C.C#C[C@@H](Nc1ncnc2c1cc(C1(O)CCN(C(C)=O)CC1)c(=O)n2C)c1cccc(C(F)(F)F)c1C. The van der Waals surface area contributed by atoms with Crippen LogP contribution in [-0.4, -0.2) is 82.0 Å². The van der Waals surface area contributed by atoms with E-state index < -0.39 is 52.1 Å². The number of anilines is 2. The number of piperidine rings is 2. The van der Waals surface area contributed by atoms with E-state index in [0.717, 1.165) is 12.1 Å². The Morgan fingerprint density at radius 1 is 0.662 bits per heavy atom. The number of nitrogens with one attached hydrogen (secondary N) is 2. The summed E-state index contributed by atoms with van der Waals surface area (Å²) in [5, 5.41) is 18.4. The monoisotopic (exact) mass is 1020 g/mol. The lowest BCUT2D eigenvalue weighted by Crippen LogP contribution is -2.47. The van der Waals surface area contributed by atoms with Crippen LogP contribution < -0.4 is 21.8 Å². The van der Waals surface area contributed by atoms with Gasteiger partial charge in [-0.2, -0.15) is 26.3 Å². The number of aromatic nitrogens is 6. The third-order valence-corrected chi connectivity index (χ3v) is 14.4. The van der Waals surface area contributed by atoms with Gasteiger partial charge >= 0.3 is 12.4 Å². The first-order chi connectivity index (χ1) is 34.7. The van der Waals surface area contributed by atoms with Crippen molar-refractivity contribution in [1.82, 2.24) is 38.9 Å². The first-order valence-electron chi connectivity index (χ1n) is 23.5. The molecule has 0 saturated carbocycles. The molecule has 3 N–H and O–H groups in total. The molecule has 388 valence electrons. The predicted octanol–water partition coefficient (Wildman–Crippen LogP) is 7.61. The minimum Gasteiger partial charge on any atom is -0.385 e. The number of pyridine rings is 2. The van der Waals surface area contributed by atoms with Crippen LogP contribution in [0.5, 0.6) is 0 Å². The highest BCUT2D eigenvalue weighted by Crippen LogP contribution is 2.40. The third kappa shape index (κ3) is 10.5. The van der Waals surface area contributed by atoms with Gasteiger partial charge in [-0.05, 0) is 86.1 Å². The first-order valence-corrected chi connectivity index (χ1v) is 23.5. The molecule has 74 heavy (non-hydrogen) atoms. The number of rotatable bonds is 8. The molecule has 6 heterocycles. The molecule has 0 radical (unpaired) electrons. The number of aryl methyl sites for hydroxylation is 2. The Bertz CT molecular complexity index is 3150. The molecular weight excluding hydrogens is 971 g/mol. The van der Waals surface area contributed by atoms with Crippen molar-refractivity contribution in [3.8, 4) is 24.7 Å². The summed E-state index contributed by atoms with van der Waals surface area (Å²) in [6, 6.07) is 9.06. The molecule has 2 amide bonds. The van der Waals surface area contributed by atoms with Crippen LogP contribution in [0.1, 0.15) is 103 Å². The number of nitrogens with zero attached hydrogens (tertiary/aromatic N) is 8. The topological polar surface area (TPSA) is 180 Å². The Balaban J connectivity index is 0.000000216. The lowest BCUT2D eigenvalue weighted by atomic mass is 9.74. The van der Waals surface area contributed by atoms with Crippen LogP contribution >= 0.6 is 0 Å². The second-order valence-corrected chi connectivity index (χ2v) is 18.9. The summed E-state index contributed by atoms with van der Waals surface area (Å²) in [6.45, 7) is 9.37. The van der Waals surface area contributed by atoms with Gasteiger partial charge in [0, 0.05) is 70.7 Å². The molecule has 0 unspecified atom stereocenters. The van der Waals surface area contributed by atoms with Crippen LogP contribution in [0.4, 0.5) is 38.0 Å². The number of hydrogen-bond acceptors (Lipinski definition) is 11. The average Bonchev–Trinajstić information content (AvgIpc) is 3.34. The molecule has 4 aromatic heterocycles. The lowest BCUT2D eigenvalue weighted by Gasteiger charge is -2.39. The number of likely N-dealkylation sites (tertiary alicyclic amines) is 2. The van der Waals surface area contributed by atoms with Crippen molar-refractivity contribution < 1.29 is 41.0 Å². The van der Waals surface area contributed by atoms with E-state index in [1.807, 2.05) is 6.92 Å². The summed E-state index contributed by atoms with van der Waals surface area (Å²) in [6.07, 6.45) is 6.48. The third-order valence-electron chi connectivity index (χ3n) is 14.4. The molecule has 2 atom stereocenters. The molecule has 8 rings (SSSR count). The fourth-order valence-corrected chi connectivity index (χ4v) is 9.82. The quantitative estimate of drug-likeness (QED) is 0.101. The lowest BCUT2D eigenvalue weighted by molar-refractivity contribution is -0.138.